The molecule has 1 heterocycles. The van der Waals surface area contributed by atoms with E-state index in [1.54, 1.807) is 0 Å². The Morgan fingerprint density at radius 2 is 2.21 bits per heavy atom. The lowest BCUT2D eigenvalue weighted by atomic mass is 10.1. The number of nitrogens with zero attached hydrogens (tertiary/aromatic N) is 1. The third-order valence-electron chi connectivity index (χ3n) is 3.12. The van der Waals surface area contributed by atoms with Gasteiger partial charge >= 0.3 is 0 Å². The lowest BCUT2D eigenvalue weighted by Crippen LogP contribution is -2.25. The highest BCUT2D eigenvalue weighted by Crippen LogP contribution is 2.13. The van der Waals surface area contributed by atoms with Crippen molar-refractivity contribution in [3.8, 4) is 11.8 Å². The van der Waals surface area contributed by atoms with E-state index in [1.165, 1.54) is 36.6 Å². The standard InChI is InChI=1S/C16H21NOS/c18-10-2-1-5-15-6-3-7-16(13-15)14-17-8-4-11-19-12-9-17/h3,6-7,13,18H,2,4,8-12,14H2. The number of hydrogen-bond acceptors (Lipinski definition) is 3. The van der Waals surface area contributed by atoms with Crippen molar-refractivity contribution in [1.82, 2.24) is 4.90 Å². The van der Waals surface area contributed by atoms with Crippen LogP contribution in [0.15, 0.2) is 24.3 Å². The Kier molecular flexibility index (Phi) is 6.29. The second kappa shape index (κ2) is 8.27. The van der Waals surface area contributed by atoms with Gasteiger partial charge in [0.2, 0.25) is 0 Å². The number of thioether (sulfide) groups is 1. The quantitative estimate of drug-likeness (QED) is 0.857. The van der Waals surface area contributed by atoms with E-state index < -0.39 is 0 Å². The van der Waals surface area contributed by atoms with Crippen molar-refractivity contribution in [3.05, 3.63) is 35.4 Å². The Bertz CT molecular complexity index is 442. The van der Waals surface area contributed by atoms with E-state index in [2.05, 4.69) is 46.7 Å². The molecule has 0 radical (unpaired) electrons. The summed E-state index contributed by atoms with van der Waals surface area (Å²) in [4.78, 5) is 2.53. The van der Waals surface area contributed by atoms with Crippen molar-refractivity contribution < 1.29 is 5.11 Å². The molecule has 1 aromatic carbocycles. The van der Waals surface area contributed by atoms with Gasteiger partial charge in [-0.2, -0.15) is 11.8 Å². The summed E-state index contributed by atoms with van der Waals surface area (Å²) in [6.45, 7) is 3.55. The summed E-state index contributed by atoms with van der Waals surface area (Å²) in [5, 5.41) is 8.73. The van der Waals surface area contributed by atoms with E-state index >= 15 is 0 Å². The minimum Gasteiger partial charge on any atom is -0.395 e. The molecule has 1 N–H and O–H groups in total. The zero-order valence-corrected chi connectivity index (χ0v) is 12.1. The predicted octanol–water partition coefficient (Wildman–Crippen LogP) is 2.36. The molecule has 0 aromatic heterocycles. The first kappa shape index (κ1) is 14.5. The first-order chi connectivity index (χ1) is 9.38. The molecule has 0 saturated carbocycles. The molecule has 19 heavy (non-hydrogen) atoms. The highest BCUT2D eigenvalue weighted by Gasteiger charge is 2.09. The monoisotopic (exact) mass is 275 g/mol. The maximum atomic E-state index is 8.73. The summed E-state index contributed by atoms with van der Waals surface area (Å²) in [6, 6.07) is 8.45. The summed E-state index contributed by atoms with van der Waals surface area (Å²) < 4.78 is 0. The Hall–Kier alpha value is -0.950. The Balaban J connectivity index is 1.96. The zero-order valence-electron chi connectivity index (χ0n) is 11.3. The maximum absolute atomic E-state index is 8.73. The Morgan fingerprint density at radius 1 is 1.26 bits per heavy atom. The van der Waals surface area contributed by atoms with E-state index in [0.29, 0.717) is 6.42 Å². The maximum Gasteiger partial charge on any atom is 0.0540 e. The van der Waals surface area contributed by atoms with Gasteiger partial charge in [0.15, 0.2) is 0 Å². The molecule has 0 unspecified atom stereocenters. The first-order valence-electron chi connectivity index (χ1n) is 6.87. The topological polar surface area (TPSA) is 23.5 Å². The highest BCUT2D eigenvalue weighted by atomic mass is 32.2. The molecule has 1 aliphatic rings. The van der Waals surface area contributed by atoms with Crippen molar-refractivity contribution in [2.45, 2.75) is 19.4 Å². The molecule has 0 spiro atoms. The van der Waals surface area contributed by atoms with Gasteiger partial charge in [-0.1, -0.05) is 24.0 Å². The van der Waals surface area contributed by atoms with E-state index in [9.17, 15) is 0 Å². The molecule has 3 heteroatoms. The molecule has 2 nitrogen and oxygen atoms in total. The molecule has 1 aliphatic heterocycles. The van der Waals surface area contributed by atoms with Crippen LogP contribution in [-0.2, 0) is 6.54 Å². The van der Waals surface area contributed by atoms with Crippen molar-refractivity contribution in [2.75, 3.05) is 31.2 Å². The van der Waals surface area contributed by atoms with Crippen LogP contribution in [0.1, 0.15) is 24.0 Å². The Labute approximate surface area is 120 Å². The van der Waals surface area contributed by atoms with Crippen molar-refractivity contribution in [1.29, 1.82) is 0 Å². The van der Waals surface area contributed by atoms with Crippen LogP contribution >= 0.6 is 11.8 Å². The van der Waals surface area contributed by atoms with Gasteiger partial charge < -0.3 is 5.11 Å². The number of benzene rings is 1. The SMILES string of the molecule is OCCC#Cc1cccc(CN2CCCSCC2)c1. The summed E-state index contributed by atoms with van der Waals surface area (Å²) in [5.74, 6) is 8.62. The lowest BCUT2D eigenvalue weighted by Gasteiger charge is -2.19. The molecular weight excluding hydrogens is 254 g/mol. The summed E-state index contributed by atoms with van der Waals surface area (Å²) in [7, 11) is 0. The second-order valence-corrected chi connectivity index (χ2v) is 5.94. The smallest absolute Gasteiger partial charge is 0.0540 e. The van der Waals surface area contributed by atoms with Crippen LogP contribution in [0.5, 0.6) is 0 Å². The third kappa shape index (κ3) is 5.28. The number of aliphatic hydroxyl groups excluding tert-OH is 1. The van der Waals surface area contributed by atoms with Crippen LogP contribution in [0.3, 0.4) is 0 Å². The number of aliphatic hydroxyl groups is 1. The average Bonchev–Trinajstić information content (AvgIpc) is 2.68. The van der Waals surface area contributed by atoms with Crippen LogP contribution in [0.2, 0.25) is 0 Å². The molecule has 0 atom stereocenters. The fourth-order valence-electron chi connectivity index (χ4n) is 2.18. The molecule has 1 aromatic rings. The fourth-order valence-corrected chi connectivity index (χ4v) is 3.11. The normalized spacial score (nSPS) is 16.5. The molecular formula is C16H21NOS. The van der Waals surface area contributed by atoms with Gasteiger partial charge in [0, 0.05) is 30.8 Å². The fraction of sp³-hybridized carbons (Fsp3) is 0.500. The van der Waals surface area contributed by atoms with Gasteiger partial charge in [0.25, 0.3) is 0 Å². The van der Waals surface area contributed by atoms with E-state index in [-0.39, 0.29) is 6.61 Å². The molecule has 0 bridgehead atoms. The average molecular weight is 275 g/mol. The summed E-state index contributed by atoms with van der Waals surface area (Å²) in [5.41, 5.74) is 2.39. The second-order valence-electron chi connectivity index (χ2n) is 4.72. The van der Waals surface area contributed by atoms with E-state index in [4.69, 9.17) is 5.11 Å². The molecule has 1 fully saturated rings. The molecule has 102 valence electrons. The van der Waals surface area contributed by atoms with Crippen LogP contribution in [-0.4, -0.2) is 41.2 Å². The van der Waals surface area contributed by atoms with E-state index in [1.807, 2.05) is 6.07 Å². The number of hydrogen-bond donors (Lipinski definition) is 1. The van der Waals surface area contributed by atoms with Gasteiger partial charge in [0.1, 0.15) is 0 Å². The number of rotatable bonds is 3. The van der Waals surface area contributed by atoms with Gasteiger partial charge in [-0.3, -0.25) is 4.90 Å². The van der Waals surface area contributed by atoms with Gasteiger partial charge in [-0.25, -0.2) is 0 Å². The third-order valence-corrected chi connectivity index (χ3v) is 4.17. The minimum atomic E-state index is 0.137. The molecule has 1 saturated heterocycles. The van der Waals surface area contributed by atoms with Crippen molar-refractivity contribution >= 4 is 11.8 Å². The first-order valence-corrected chi connectivity index (χ1v) is 8.03. The van der Waals surface area contributed by atoms with Crippen LogP contribution in [0.4, 0.5) is 0 Å². The minimum absolute atomic E-state index is 0.137. The van der Waals surface area contributed by atoms with Crippen LogP contribution < -0.4 is 0 Å². The molecule has 2 rings (SSSR count). The highest BCUT2D eigenvalue weighted by molar-refractivity contribution is 7.99. The Morgan fingerprint density at radius 3 is 3.11 bits per heavy atom. The van der Waals surface area contributed by atoms with Crippen molar-refractivity contribution in [2.24, 2.45) is 0 Å². The molecule has 0 aliphatic carbocycles. The summed E-state index contributed by atoms with van der Waals surface area (Å²) in [6.07, 6.45) is 1.84. The molecule has 0 amide bonds. The van der Waals surface area contributed by atoms with Crippen LogP contribution in [0.25, 0.3) is 0 Å². The van der Waals surface area contributed by atoms with Crippen molar-refractivity contribution in [3.63, 3.8) is 0 Å². The van der Waals surface area contributed by atoms with E-state index in [0.717, 1.165) is 12.1 Å². The van der Waals surface area contributed by atoms with Gasteiger partial charge in [-0.15, -0.1) is 0 Å². The zero-order chi connectivity index (χ0) is 13.3. The lowest BCUT2D eigenvalue weighted by molar-refractivity contribution is 0.287. The van der Waals surface area contributed by atoms with Gasteiger partial charge in [0.05, 0.1) is 6.61 Å². The van der Waals surface area contributed by atoms with Gasteiger partial charge in [-0.05, 0) is 36.4 Å². The van der Waals surface area contributed by atoms with Crippen LogP contribution in [0, 0.1) is 11.8 Å². The predicted molar refractivity (Wildman–Crippen MR) is 82.2 cm³/mol. The largest absolute Gasteiger partial charge is 0.395 e. The summed E-state index contributed by atoms with van der Waals surface area (Å²) >= 11 is 2.06.